The summed E-state index contributed by atoms with van der Waals surface area (Å²) in [5.74, 6) is -0.139. The van der Waals surface area contributed by atoms with Crippen LogP contribution in [0.5, 0.6) is 0 Å². The Morgan fingerprint density at radius 1 is 0.587 bits per heavy atom. The molecule has 274 valence electrons. The summed E-state index contributed by atoms with van der Waals surface area (Å²) in [7, 11) is 1.04. The van der Waals surface area contributed by atoms with Gasteiger partial charge in [-0.1, -0.05) is 161 Å². The fourth-order valence-electron chi connectivity index (χ4n) is 6.62. The van der Waals surface area contributed by atoms with E-state index in [1.165, 1.54) is 122 Å². The van der Waals surface area contributed by atoms with Crippen LogP contribution in [0.25, 0.3) is 0 Å². The monoisotopic (exact) mass is 673 g/mol. The highest BCUT2D eigenvalue weighted by Crippen LogP contribution is 2.45. The predicted octanol–water partition coefficient (Wildman–Crippen LogP) is 12.0. The minimum atomic E-state index is -4.83. The summed E-state index contributed by atoms with van der Waals surface area (Å²) < 4.78 is 18.0. The number of quaternary nitrogens is 1. The van der Waals surface area contributed by atoms with Crippen molar-refractivity contribution in [1.29, 1.82) is 0 Å². The second-order valence-corrected chi connectivity index (χ2v) is 16.3. The van der Waals surface area contributed by atoms with Crippen LogP contribution in [0.4, 0.5) is 0 Å². The van der Waals surface area contributed by atoms with Gasteiger partial charge >= 0.3 is 7.82 Å². The number of phosphoric ester groups is 1. The smallest absolute Gasteiger partial charge is 0.328 e. The maximum atomic E-state index is 13.6. The molecule has 0 rings (SSSR count). The van der Waals surface area contributed by atoms with Gasteiger partial charge in [-0.05, 0) is 44.9 Å². The Labute approximate surface area is 286 Å². The molecule has 0 aromatic rings. The number of phosphoric acid groups is 1. The number of hydrogen-bond donors (Lipinski definition) is 2. The number of Topliss-reactive ketones (excluding diaryl/α,β-unsaturated/α-hetero) is 1. The first-order chi connectivity index (χ1) is 22.0. The lowest BCUT2D eigenvalue weighted by Crippen LogP contribution is -2.55. The number of allylic oxidation sites excluding steroid dienone is 2. The van der Waals surface area contributed by atoms with E-state index in [4.69, 9.17) is 4.52 Å². The van der Waals surface area contributed by atoms with Crippen molar-refractivity contribution in [3.8, 4) is 0 Å². The van der Waals surface area contributed by atoms with Gasteiger partial charge in [0.1, 0.15) is 6.54 Å². The molecule has 0 aliphatic rings. The number of hydrogen-bond acceptors (Lipinski definition) is 3. The van der Waals surface area contributed by atoms with Gasteiger partial charge in [-0.25, -0.2) is 4.57 Å². The SMILES string of the molecule is CCCCCCCC/C=C\CCCCCCCCC(C[N+](C)(C)C)(OP(=O)(O)O)C(=O)CCCCCCCCCCCCCCC. The van der Waals surface area contributed by atoms with E-state index in [0.717, 1.165) is 51.4 Å². The summed E-state index contributed by atoms with van der Waals surface area (Å²) in [4.78, 5) is 33.3. The van der Waals surface area contributed by atoms with Crippen LogP contribution in [0.15, 0.2) is 12.2 Å². The van der Waals surface area contributed by atoms with Crippen LogP contribution in [0.3, 0.4) is 0 Å². The number of unbranched alkanes of at least 4 members (excludes halogenated alkanes) is 24. The lowest BCUT2D eigenvalue weighted by Gasteiger charge is -2.38. The molecule has 0 saturated heterocycles. The summed E-state index contributed by atoms with van der Waals surface area (Å²) >= 11 is 0. The molecule has 7 heteroatoms. The molecule has 46 heavy (non-hydrogen) atoms. The molecule has 0 radical (unpaired) electrons. The zero-order chi connectivity index (χ0) is 34.4. The van der Waals surface area contributed by atoms with Crippen molar-refractivity contribution in [1.82, 2.24) is 0 Å². The standard InChI is InChI=1S/C39H78NO5P/c1-6-8-10-12-14-16-18-20-21-22-24-26-28-30-32-34-36-39(37-40(3,4)5,45-46(42,43)44)38(41)35-33-31-29-27-25-23-19-17-15-13-11-9-7-2/h20-21H,6-19,22-37H2,1-5H3,(H-,42,43,44)/p+1/b21-20-. The van der Waals surface area contributed by atoms with Crippen molar-refractivity contribution in [3.63, 3.8) is 0 Å². The van der Waals surface area contributed by atoms with Crippen molar-refractivity contribution in [3.05, 3.63) is 12.2 Å². The average Bonchev–Trinajstić information content (AvgIpc) is 2.97. The fourth-order valence-corrected chi connectivity index (χ4v) is 7.32. The highest BCUT2D eigenvalue weighted by molar-refractivity contribution is 7.46. The third-order valence-corrected chi connectivity index (χ3v) is 9.72. The number of likely N-dealkylation sites (N-methyl/N-ethyl adjacent to an activating group) is 1. The molecule has 0 saturated carbocycles. The molecule has 0 fully saturated rings. The van der Waals surface area contributed by atoms with E-state index in [0.29, 0.717) is 17.3 Å². The Kier molecular flexibility index (Phi) is 29.1. The normalized spacial score (nSPS) is 13.9. The van der Waals surface area contributed by atoms with Crippen molar-refractivity contribution >= 4 is 13.6 Å². The van der Waals surface area contributed by atoms with Crippen LogP contribution in [0.2, 0.25) is 0 Å². The zero-order valence-electron chi connectivity index (χ0n) is 31.4. The van der Waals surface area contributed by atoms with Gasteiger partial charge in [0, 0.05) is 6.42 Å². The minimum Gasteiger partial charge on any atom is -0.328 e. The van der Waals surface area contributed by atoms with Crippen LogP contribution >= 0.6 is 7.82 Å². The quantitative estimate of drug-likeness (QED) is 0.0303. The third kappa shape index (κ3) is 29.6. The number of carbonyl (C=O) groups excluding carboxylic acids is 1. The predicted molar refractivity (Wildman–Crippen MR) is 198 cm³/mol. The molecule has 0 aliphatic carbocycles. The van der Waals surface area contributed by atoms with Gasteiger partial charge in [0.05, 0.1) is 21.1 Å². The largest absolute Gasteiger partial charge is 0.470 e. The number of nitrogens with zero attached hydrogens (tertiary/aromatic N) is 1. The second-order valence-electron chi connectivity index (χ2n) is 15.1. The first-order valence-corrected chi connectivity index (χ1v) is 21.2. The van der Waals surface area contributed by atoms with Gasteiger partial charge in [0.2, 0.25) is 0 Å². The molecule has 0 heterocycles. The van der Waals surface area contributed by atoms with E-state index in [-0.39, 0.29) is 12.3 Å². The van der Waals surface area contributed by atoms with Crippen LogP contribution in [0.1, 0.15) is 200 Å². The van der Waals surface area contributed by atoms with Crippen LogP contribution in [-0.4, -0.2) is 53.3 Å². The Morgan fingerprint density at radius 2 is 0.935 bits per heavy atom. The van der Waals surface area contributed by atoms with Gasteiger partial charge < -0.3 is 14.3 Å². The molecule has 0 aromatic heterocycles. The van der Waals surface area contributed by atoms with Gasteiger partial charge in [-0.3, -0.25) is 9.32 Å². The molecule has 0 amide bonds. The van der Waals surface area contributed by atoms with Gasteiger partial charge in [-0.15, -0.1) is 0 Å². The van der Waals surface area contributed by atoms with E-state index < -0.39 is 13.4 Å². The second kappa shape index (κ2) is 29.4. The Balaban J connectivity index is 4.46. The van der Waals surface area contributed by atoms with E-state index in [9.17, 15) is 19.1 Å². The van der Waals surface area contributed by atoms with E-state index in [1.807, 2.05) is 21.1 Å². The molecule has 2 N–H and O–H groups in total. The molecular formula is C39H79NO5P+. The molecule has 1 atom stereocenters. The maximum Gasteiger partial charge on any atom is 0.470 e. The summed E-state index contributed by atoms with van der Waals surface area (Å²) in [6, 6.07) is 0. The van der Waals surface area contributed by atoms with Crippen molar-refractivity contribution in [2.75, 3.05) is 27.7 Å². The summed E-state index contributed by atoms with van der Waals surface area (Å²) in [6.45, 7) is 4.78. The van der Waals surface area contributed by atoms with E-state index in [2.05, 4.69) is 26.0 Å². The highest BCUT2D eigenvalue weighted by atomic mass is 31.2. The van der Waals surface area contributed by atoms with Crippen molar-refractivity contribution in [2.24, 2.45) is 0 Å². The lowest BCUT2D eigenvalue weighted by atomic mass is 9.87. The third-order valence-electron chi connectivity index (χ3n) is 9.13. The number of rotatable bonds is 35. The van der Waals surface area contributed by atoms with Gasteiger partial charge in [0.15, 0.2) is 11.4 Å². The van der Waals surface area contributed by atoms with E-state index >= 15 is 0 Å². The Bertz CT molecular complexity index is 775. The Hall–Kier alpha value is -0.520. The summed E-state index contributed by atoms with van der Waals surface area (Å²) in [6.07, 6.45) is 38.2. The average molecular weight is 673 g/mol. The molecule has 1 unspecified atom stereocenters. The van der Waals surface area contributed by atoms with Gasteiger partial charge in [0.25, 0.3) is 0 Å². The number of ketones is 1. The Morgan fingerprint density at radius 3 is 1.30 bits per heavy atom. The molecule has 0 bridgehead atoms. The minimum absolute atomic E-state index is 0.139. The van der Waals surface area contributed by atoms with Crippen LogP contribution in [-0.2, 0) is 13.9 Å². The molecule has 0 spiro atoms. The van der Waals surface area contributed by atoms with E-state index in [1.54, 1.807) is 0 Å². The van der Waals surface area contributed by atoms with Crippen LogP contribution in [0, 0.1) is 0 Å². The summed E-state index contributed by atoms with van der Waals surface area (Å²) in [5.41, 5.74) is -1.44. The van der Waals surface area contributed by atoms with Gasteiger partial charge in [-0.2, -0.15) is 0 Å². The van der Waals surface area contributed by atoms with Crippen molar-refractivity contribution in [2.45, 2.75) is 206 Å². The fraction of sp³-hybridized carbons (Fsp3) is 0.923. The molecular weight excluding hydrogens is 593 g/mol. The highest BCUT2D eigenvalue weighted by Gasteiger charge is 2.47. The summed E-state index contributed by atoms with van der Waals surface area (Å²) in [5, 5.41) is 0. The molecule has 6 nitrogen and oxygen atoms in total. The van der Waals surface area contributed by atoms with Crippen molar-refractivity contribution < 1.29 is 28.2 Å². The lowest BCUT2D eigenvalue weighted by molar-refractivity contribution is -0.875. The topological polar surface area (TPSA) is 83.8 Å². The first-order valence-electron chi connectivity index (χ1n) is 19.7. The van der Waals surface area contributed by atoms with Crippen LogP contribution < -0.4 is 0 Å². The number of carbonyl (C=O) groups is 1. The molecule has 0 aromatic carbocycles. The maximum absolute atomic E-state index is 13.6. The first kappa shape index (κ1) is 45.5. The zero-order valence-corrected chi connectivity index (χ0v) is 32.3. The molecule has 0 aliphatic heterocycles.